The van der Waals surface area contributed by atoms with Crippen molar-refractivity contribution in [2.75, 3.05) is 13.7 Å². The minimum Gasteiger partial charge on any atom is -0.495 e. The second kappa shape index (κ2) is 5.85. The highest BCUT2D eigenvalue weighted by atomic mass is 16.5. The largest absolute Gasteiger partial charge is 0.495 e. The van der Waals surface area contributed by atoms with Crippen molar-refractivity contribution in [2.24, 2.45) is 5.92 Å². The maximum atomic E-state index is 9.19. The minimum absolute atomic E-state index is 0.644. The van der Waals surface area contributed by atoms with Crippen molar-refractivity contribution in [3.05, 3.63) is 29.3 Å². The second-order valence-corrected chi connectivity index (χ2v) is 6.02. The van der Waals surface area contributed by atoms with E-state index in [1.165, 1.54) is 44.2 Å². The Morgan fingerprint density at radius 2 is 2.15 bits per heavy atom. The summed E-state index contributed by atoms with van der Waals surface area (Å²) in [6.45, 7) is 2.18. The number of benzene rings is 1. The van der Waals surface area contributed by atoms with Gasteiger partial charge in [-0.3, -0.25) is 4.90 Å². The highest BCUT2D eigenvalue weighted by molar-refractivity contribution is 5.45. The first-order chi connectivity index (χ1) is 9.81. The molecule has 0 spiro atoms. The summed E-state index contributed by atoms with van der Waals surface area (Å²) in [5, 5.41) is 9.19. The standard InChI is InChI=1S/C17H22N2O/c1-20-17-8-7-13(10-15(17)11-18)12-19-9-3-5-14-4-2-6-16(14)19/h7-8,10,14,16H,2-6,9,12H2,1H3. The van der Waals surface area contributed by atoms with Crippen LogP contribution in [0.5, 0.6) is 5.75 Å². The van der Waals surface area contributed by atoms with Crippen LogP contribution in [0.25, 0.3) is 0 Å². The van der Waals surface area contributed by atoms with Crippen LogP contribution in [-0.4, -0.2) is 24.6 Å². The lowest BCUT2D eigenvalue weighted by Gasteiger charge is -2.37. The highest BCUT2D eigenvalue weighted by Crippen LogP contribution is 2.37. The summed E-state index contributed by atoms with van der Waals surface area (Å²) < 4.78 is 5.21. The molecule has 0 N–H and O–H groups in total. The predicted molar refractivity (Wildman–Crippen MR) is 78.5 cm³/mol. The summed E-state index contributed by atoms with van der Waals surface area (Å²) in [4.78, 5) is 2.63. The van der Waals surface area contributed by atoms with Crippen molar-refractivity contribution in [3.8, 4) is 11.8 Å². The first-order valence-corrected chi connectivity index (χ1v) is 7.63. The van der Waals surface area contributed by atoms with Gasteiger partial charge in [0.15, 0.2) is 0 Å². The van der Waals surface area contributed by atoms with Gasteiger partial charge < -0.3 is 4.74 Å². The number of hydrogen-bond donors (Lipinski definition) is 0. The quantitative estimate of drug-likeness (QED) is 0.845. The molecule has 1 aliphatic heterocycles. The fraction of sp³-hybridized carbons (Fsp3) is 0.588. The van der Waals surface area contributed by atoms with E-state index in [2.05, 4.69) is 17.0 Å². The summed E-state index contributed by atoms with van der Waals surface area (Å²) in [6, 6.07) is 9.00. The Bertz CT molecular complexity index is 520. The lowest BCUT2D eigenvalue weighted by atomic mass is 9.91. The zero-order valence-electron chi connectivity index (χ0n) is 12.1. The van der Waals surface area contributed by atoms with Crippen molar-refractivity contribution in [1.29, 1.82) is 5.26 Å². The molecule has 0 radical (unpaired) electrons. The molecule has 0 aromatic heterocycles. The number of piperidine rings is 1. The molecule has 2 unspecified atom stereocenters. The van der Waals surface area contributed by atoms with E-state index in [0.29, 0.717) is 11.3 Å². The van der Waals surface area contributed by atoms with Gasteiger partial charge in [-0.2, -0.15) is 5.26 Å². The van der Waals surface area contributed by atoms with E-state index >= 15 is 0 Å². The van der Waals surface area contributed by atoms with Crippen molar-refractivity contribution in [2.45, 2.75) is 44.7 Å². The smallest absolute Gasteiger partial charge is 0.136 e. The average Bonchev–Trinajstić information content (AvgIpc) is 2.96. The Labute approximate surface area is 121 Å². The van der Waals surface area contributed by atoms with E-state index in [1.54, 1.807) is 7.11 Å². The maximum Gasteiger partial charge on any atom is 0.136 e. The lowest BCUT2D eigenvalue weighted by molar-refractivity contribution is 0.106. The molecule has 0 amide bonds. The molecule has 2 fully saturated rings. The monoisotopic (exact) mass is 270 g/mol. The molecule has 1 aliphatic carbocycles. The summed E-state index contributed by atoms with van der Waals surface area (Å²) >= 11 is 0. The number of fused-ring (bicyclic) bond motifs is 1. The Morgan fingerprint density at radius 3 is 2.95 bits per heavy atom. The Balaban J connectivity index is 1.75. The molecule has 1 aromatic rings. The van der Waals surface area contributed by atoms with Crippen LogP contribution < -0.4 is 4.74 Å². The molecule has 1 saturated carbocycles. The van der Waals surface area contributed by atoms with Gasteiger partial charge in [0, 0.05) is 12.6 Å². The Hall–Kier alpha value is -1.53. The first-order valence-electron chi connectivity index (χ1n) is 7.63. The van der Waals surface area contributed by atoms with Crippen LogP contribution in [-0.2, 0) is 6.54 Å². The van der Waals surface area contributed by atoms with E-state index in [0.717, 1.165) is 18.5 Å². The summed E-state index contributed by atoms with van der Waals surface area (Å²) in [5.41, 5.74) is 1.87. The SMILES string of the molecule is COc1ccc(CN2CCCC3CCCC32)cc1C#N. The lowest BCUT2D eigenvalue weighted by Crippen LogP contribution is -2.41. The van der Waals surface area contributed by atoms with E-state index < -0.39 is 0 Å². The molecule has 1 aromatic carbocycles. The van der Waals surface area contributed by atoms with Gasteiger partial charge in [-0.25, -0.2) is 0 Å². The van der Waals surface area contributed by atoms with Gasteiger partial charge in [0.2, 0.25) is 0 Å². The molecular formula is C17H22N2O. The van der Waals surface area contributed by atoms with Gasteiger partial charge in [0.05, 0.1) is 12.7 Å². The van der Waals surface area contributed by atoms with Crippen molar-refractivity contribution < 1.29 is 4.74 Å². The summed E-state index contributed by atoms with van der Waals surface area (Å²) in [5.74, 6) is 1.59. The van der Waals surface area contributed by atoms with Gasteiger partial charge >= 0.3 is 0 Å². The van der Waals surface area contributed by atoms with Gasteiger partial charge in [-0.1, -0.05) is 12.5 Å². The molecule has 2 atom stereocenters. The molecule has 1 saturated heterocycles. The van der Waals surface area contributed by atoms with Gasteiger partial charge in [0.1, 0.15) is 11.8 Å². The third kappa shape index (κ3) is 2.53. The molecular weight excluding hydrogens is 248 g/mol. The number of nitrogens with zero attached hydrogens (tertiary/aromatic N) is 2. The number of hydrogen-bond acceptors (Lipinski definition) is 3. The zero-order valence-corrected chi connectivity index (χ0v) is 12.1. The van der Waals surface area contributed by atoms with Crippen LogP contribution in [0.4, 0.5) is 0 Å². The summed E-state index contributed by atoms with van der Waals surface area (Å²) in [7, 11) is 1.61. The van der Waals surface area contributed by atoms with Crippen LogP contribution in [0, 0.1) is 17.2 Å². The zero-order chi connectivity index (χ0) is 13.9. The number of likely N-dealkylation sites (tertiary alicyclic amines) is 1. The van der Waals surface area contributed by atoms with Crippen LogP contribution in [0.15, 0.2) is 18.2 Å². The molecule has 2 aliphatic rings. The maximum absolute atomic E-state index is 9.19. The Kier molecular flexibility index (Phi) is 3.93. The van der Waals surface area contributed by atoms with E-state index in [9.17, 15) is 5.26 Å². The normalized spacial score (nSPS) is 26.0. The van der Waals surface area contributed by atoms with E-state index in [4.69, 9.17) is 4.74 Å². The number of ether oxygens (including phenoxy) is 1. The third-order valence-corrected chi connectivity index (χ3v) is 4.88. The van der Waals surface area contributed by atoms with Gasteiger partial charge in [-0.05, 0) is 55.8 Å². The third-order valence-electron chi connectivity index (χ3n) is 4.88. The molecule has 1 heterocycles. The van der Waals surface area contributed by atoms with Crippen molar-refractivity contribution >= 4 is 0 Å². The minimum atomic E-state index is 0.644. The van der Waals surface area contributed by atoms with Crippen molar-refractivity contribution in [1.82, 2.24) is 4.90 Å². The number of methoxy groups -OCH3 is 1. The fourth-order valence-corrected chi connectivity index (χ4v) is 3.93. The number of nitriles is 1. The van der Waals surface area contributed by atoms with E-state index in [-0.39, 0.29) is 0 Å². The van der Waals surface area contributed by atoms with Crippen LogP contribution in [0.3, 0.4) is 0 Å². The Morgan fingerprint density at radius 1 is 1.30 bits per heavy atom. The van der Waals surface area contributed by atoms with Crippen LogP contribution in [0.1, 0.15) is 43.2 Å². The second-order valence-electron chi connectivity index (χ2n) is 6.02. The molecule has 3 heteroatoms. The molecule has 0 bridgehead atoms. The highest BCUT2D eigenvalue weighted by Gasteiger charge is 2.34. The van der Waals surface area contributed by atoms with Gasteiger partial charge in [0.25, 0.3) is 0 Å². The molecule has 3 rings (SSSR count). The molecule has 3 nitrogen and oxygen atoms in total. The first kappa shape index (κ1) is 13.5. The van der Waals surface area contributed by atoms with Crippen molar-refractivity contribution in [3.63, 3.8) is 0 Å². The van der Waals surface area contributed by atoms with E-state index in [1.807, 2.05) is 12.1 Å². The van der Waals surface area contributed by atoms with Crippen LogP contribution in [0.2, 0.25) is 0 Å². The van der Waals surface area contributed by atoms with Crippen LogP contribution >= 0.6 is 0 Å². The fourth-order valence-electron chi connectivity index (χ4n) is 3.93. The average molecular weight is 270 g/mol. The predicted octanol–water partition coefficient (Wildman–Crippen LogP) is 3.33. The molecule has 106 valence electrons. The molecule has 20 heavy (non-hydrogen) atoms. The summed E-state index contributed by atoms with van der Waals surface area (Å²) in [6.07, 6.45) is 6.88. The topological polar surface area (TPSA) is 36.3 Å². The van der Waals surface area contributed by atoms with Gasteiger partial charge in [-0.15, -0.1) is 0 Å². The number of rotatable bonds is 3.